The van der Waals surface area contributed by atoms with E-state index in [-0.39, 0.29) is 11.3 Å². The van der Waals surface area contributed by atoms with E-state index in [1.54, 1.807) is 60.8 Å². The number of aryl methyl sites for hydroxylation is 1. The number of aliphatic hydroxyl groups is 1. The smallest absolute Gasteiger partial charge is 0.300 e. The lowest BCUT2D eigenvalue weighted by Crippen LogP contribution is -2.29. The van der Waals surface area contributed by atoms with Crippen molar-refractivity contribution in [3.05, 3.63) is 95.3 Å². The first-order chi connectivity index (χ1) is 15.5. The van der Waals surface area contributed by atoms with E-state index in [1.165, 1.54) is 4.90 Å². The molecule has 1 amide bonds. The molecule has 1 atom stereocenters. The number of amides is 1. The summed E-state index contributed by atoms with van der Waals surface area (Å²) < 4.78 is 5.49. The van der Waals surface area contributed by atoms with Crippen LogP contribution >= 0.6 is 0 Å². The third kappa shape index (κ3) is 3.87. The molecule has 0 radical (unpaired) electrons. The van der Waals surface area contributed by atoms with Crippen LogP contribution in [-0.4, -0.2) is 28.4 Å². The topological polar surface area (TPSA) is 79.7 Å². The van der Waals surface area contributed by atoms with Crippen LogP contribution in [0.4, 0.5) is 5.69 Å². The number of ether oxygens (including phenoxy) is 1. The highest BCUT2D eigenvalue weighted by Crippen LogP contribution is 2.41. The highest BCUT2D eigenvalue weighted by Gasteiger charge is 2.47. The number of Topliss-reactive ketones (excluding diaryl/α,β-unsaturated/α-hetero) is 1. The van der Waals surface area contributed by atoms with Crippen LogP contribution in [0.2, 0.25) is 0 Å². The average Bonchev–Trinajstić information content (AvgIpc) is 3.10. The van der Waals surface area contributed by atoms with Crippen LogP contribution in [-0.2, 0) is 16.0 Å². The van der Waals surface area contributed by atoms with E-state index in [2.05, 4.69) is 4.98 Å². The number of carbonyl (C=O) groups is 2. The van der Waals surface area contributed by atoms with Crippen molar-refractivity contribution in [2.45, 2.75) is 26.3 Å². The maximum Gasteiger partial charge on any atom is 0.300 e. The van der Waals surface area contributed by atoms with Crippen molar-refractivity contribution < 1.29 is 19.4 Å². The standard InChI is InChI=1S/C26H24N2O4/c1-3-17-8-10-18(11-9-17)24(29)22-23(21-7-5-6-16-27-21)28(26(31)25(22)30)19-12-14-20(15-13-19)32-4-2/h5-16,23,29H,3-4H2,1-2H3/b24-22-. The molecule has 0 bridgehead atoms. The van der Waals surface area contributed by atoms with Crippen LogP contribution < -0.4 is 9.64 Å². The molecule has 1 fully saturated rings. The van der Waals surface area contributed by atoms with Crippen LogP contribution in [0.1, 0.15) is 36.7 Å². The minimum Gasteiger partial charge on any atom is -0.507 e. The first kappa shape index (κ1) is 21.3. The minimum atomic E-state index is -0.847. The summed E-state index contributed by atoms with van der Waals surface area (Å²) in [7, 11) is 0. The molecule has 162 valence electrons. The summed E-state index contributed by atoms with van der Waals surface area (Å²) in [5, 5.41) is 11.1. The number of nitrogens with zero attached hydrogens (tertiary/aromatic N) is 2. The fraction of sp³-hybridized carbons (Fsp3) is 0.192. The van der Waals surface area contributed by atoms with Crippen LogP contribution in [0.15, 0.2) is 78.5 Å². The first-order valence-corrected chi connectivity index (χ1v) is 10.6. The van der Waals surface area contributed by atoms with E-state index in [0.29, 0.717) is 29.3 Å². The van der Waals surface area contributed by atoms with Gasteiger partial charge in [0.05, 0.1) is 17.9 Å². The van der Waals surface area contributed by atoms with Gasteiger partial charge < -0.3 is 9.84 Å². The molecule has 0 aliphatic carbocycles. The second kappa shape index (κ2) is 9.06. The van der Waals surface area contributed by atoms with E-state index in [9.17, 15) is 14.7 Å². The summed E-state index contributed by atoms with van der Waals surface area (Å²) in [6, 6.07) is 18.7. The van der Waals surface area contributed by atoms with Crippen LogP contribution in [0, 0.1) is 0 Å². The summed E-state index contributed by atoms with van der Waals surface area (Å²) in [5.41, 5.74) is 2.62. The Kier molecular flexibility index (Phi) is 6.03. The number of carbonyl (C=O) groups excluding carboxylic acids is 2. The number of aliphatic hydroxyl groups excluding tert-OH is 1. The molecule has 3 aromatic rings. The molecule has 1 saturated heterocycles. The largest absolute Gasteiger partial charge is 0.507 e. The molecule has 0 saturated carbocycles. The zero-order valence-electron chi connectivity index (χ0n) is 18.0. The SMILES string of the molecule is CCOc1ccc(N2C(=O)C(=O)/C(=C(\O)c3ccc(CC)cc3)C2c2ccccn2)cc1. The normalized spacial score (nSPS) is 17.6. The van der Waals surface area contributed by atoms with Gasteiger partial charge in [0.15, 0.2) is 0 Å². The third-order valence-electron chi connectivity index (χ3n) is 5.47. The summed E-state index contributed by atoms with van der Waals surface area (Å²) in [6.07, 6.45) is 2.46. The van der Waals surface area contributed by atoms with Gasteiger partial charge in [-0.3, -0.25) is 19.5 Å². The molecule has 1 aromatic heterocycles. The third-order valence-corrected chi connectivity index (χ3v) is 5.47. The van der Waals surface area contributed by atoms with Crippen LogP contribution in [0.25, 0.3) is 5.76 Å². The van der Waals surface area contributed by atoms with Gasteiger partial charge in [0, 0.05) is 17.4 Å². The molecule has 1 unspecified atom stereocenters. The van der Waals surface area contributed by atoms with Gasteiger partial charge in [-0.25, -0.2) is 0 Å². The van der Waals surface area contributed by atoms with Crippen LogP contribution in [0.5, 0.6) is 5.75 Å². The second-order valence-electron chi connectivity index (χ2n) is 7.40. The van der Waals surface area contributed by atoms with Crippen molar-refractivity contribution >= 4 is 23.1 Å². The number of aromatic nitrogens is 1. The Morgan fingerprint density at radius 2 is 1.72 bits per heavy atom. The Bertz CT molecular complexity index is 1150. The van der Waals surface area contributed by atoms with Crippen molar-refractivity contribution in [2.75, 3.05) is 11.5 Å². The van der Waals surface area contributed by atoms with Gasteiger partial charge in [0.2, 0.25) is 0 Å². The Labute approximate surface area is 186 Å². The lowest BCUT2D eigenvalue weighted by molar-refractivity contribution is -0.132. The number of rotatable bonds is 6. The lowest BCUT2D eigenvalue weighted by Gasteiger charge is -2.24. The van der Waals surface area contributed by atoms with Crippen LogP contribution in [0.3, 0.4) is 0 Å². The first-order valence-electron chi connectivity index (χ1n) is 10.6. The van der Waals surface area contributed by atoms with Gasteiger partial charge >= 0.3 is 0 Å². The number of hydrogen-bond acceptors (Lipinski definition) is 5. The van der Waals surface area contributed by atoms with E-state index in [0.717, 1.165) is 12.0 Å². The fourth-order valence-corrected chi connectivity index (χ4v) is 3.84. The molecule has 2 heterocycles. The average molecular weight is 428 g/mol. The molecule has 32 heavy (non-hydrogen) atoms. The van der Waals surface area contributed by atoms with Gasteiger partial charge in [-0.1, -0.05) is 37.3 Å². The van der Waals surface area contributed by atoms with Gasteiger partial charge in [-0.2, -0.15) is 0 Å². The van der Waals surface area contributed by atoms with E-state index < -0.39 is 17.7 Å². The highest BCUT2D eigenvalue weighted by atomic mass is 16.5. The van der Waals surface area contributed by atoms with Gasteiger partial charge in [0.25, 0.3) is 11.7 Å². The monoisotopic (exact) mass is 428 g/mol. The molecule has 1 aliphatic rings. The Balaban J connectivity index is 1.85. The van der Waals surface area contributed by atoms with Gasteiger partial charge in [0.1, 0.15) is 17.6 Å². The molecular formula is C26H24N2O4. The molecule has 4 rings (SSSR count). The number of ketones is 1. The number of hydrogen-bond donors (Lipinski definition) is 1. The lowest BCUT2D eigenvalue weighted by atomic mass is 9.97. The van der Waals surface area contributed by atoms with E-state index >= 15 is 0 Å². The molecule has 2 aromatic carbocycles. The zero-order chi connectivity index (χ0) is 22.7. The van der Waals surface area contributed by atoms with Crippen molar-refractivity contribution in [3.63, 3.8) is 0 Å². The van der Waals surface area contributed by atoms with Gasteiger partial charge in [-0.05, 0) is 55.3 Å². The predicted octanol–water partition coefficient (Wildman–Crippen LogP) is 4.67. The summed E-state index contributed by atoms with van der Waals surface area (Å²) in [6.45, 7) is 4.45. The maximum atomic E-state index is 13.1. The van der Waals surface area contributed by atoms with Crippen molar-refractivity contribution in [2.24, 2.45) is 0 Å². The summed E-state index contributed by atoms with van der Waals surface area (Å²) >= 11 is 0. The van der Waals surface area contributed by atoms with Gasteiger partial charge in [-0.15, -0.1) is 0 Å². The quantitative estimate of drug-likeness (QED) is 0.351. The molecule has 6 nitrogen and oxygen atoms in total. The molecule has 0 spiro atoms. The maximum absolute atomic E-state index is 13.1. The molecule has 6 heteroatoms. The molecule has 1 aliphatic heterocycles. The number of anilines is 1. The molecular weight excluding hydrogens is 404 g/mol. The Hall–Kier alpha value is -3.93. The van der Waals surface area contributed by atoms with Crippen molar-refractivity contribution in [1.82, 2.24) is 4.98 Å². The predicted molar refractivity (Wildman–Crippen MR) is 122 cm³/mol. The number of pyridine rings is 1. The second-order valence-corrected chi connectivity index (χ2v) is 7.40. The summed E-state index contributed by atoms with van der Waals surface area (Å²) in [4.78, 5) is 32.0. The number of benzene rings is 2. The Morgan fingerprint density at radius 1 is 1.00 bits per heavy atom. The van der Waals surface area contributed by atoms with E-state index in [4.69, 9.17) is 4.74 Å². The van der Waals surface area contributed by atoms with E-state index in [1.807, 2.05) is 26.0 Å². The summed E-state index contributed by atoms with van der Waals surface area (Å²) in [5.74, 6) is -1.00. The fourth-order valence-electron chi connectivity index (χ4n) is 3.84. The van der Waals surface area contributed by atoms with Crippen molar-refractivity contribution in [3.8, 4) is 5.75 Å². The highest BCUT2D eigenvalue weighted by molar-refractivity contribution is 6.51. The Morgan fingerprint density at radius 3 is 2.31 bits per heavy atom. The molecule has 1 N–H and O–H groups in total. The minimum absolute atomic E-state index is 0.0202. The zero-order valence-corrected chi connectivity index (χ0v) is 18.0. The van der Waals surface area contributed by atoms with Crippen molar-refractivity contribution in [1.29, 1.82) is 0 Å².